The molecule has 0 aliphatic heterocycles. The van der Waals surface area contributed by atoms with Crippen LogP contribution >= 0.6 is 0 Å². The van der Waals surface area contributed by atoms with Gasteiger partial charge in [-0.15, -0.1) is 0 Å². The van der Waals surface area contributed by atoms with E-state index in [1.165, 1.54) is 10.5 Å². The van der Waals surface area contributed by atoms with Crippen molar-refractivity contribution < 1.29 is 9.84 Å². The van der Waals surface area contributed by atoms with Crippen molar-refractivity contribution >= 4 is 5.65 Å². The van der Waals surface area contributed by atoms with Crippen molar-refractivity contribution in [1.29, 1.82) is 0 Å². The first kappa shape index (κ1) is 15.6. The Kier molecular flexibility index (Phi) is 5.06. The number of aliphatic hydroxyl groups is 1. The zero-order valence-corrected chi connectivity index (χ0v) is 12.6. The zero-order chi connectivity index (χ0) is 15.4. The van der Waals surface area contributed by atoms with Crippen LogP contribution in [0.5, 0.6) is 0 Å². The molecule has 0 bridgehead atoms. The molecule has 6 heteroatoms. The lowest BCUT2D eigenvalue weighted by molar-refractivity contribution is 0.0417. The van der Waals surface area contributed by atoms with Gasteiger partial charge in [-0.2, -0.15) is 0 Å². The van der Waals surface area contributed by atoms with E-state index >= 15 is 0 Å². The van der Waals surface area contributed by atoms with Crippen LogP contribution in [0.25, 0.3) is 5.65 Å². The molecule has 2 aromatic heterocycles. The SMILES string of the molecule is COCC(O)CN(C)Cc1cc(=O)n2ccc(C)cc2n1. The second kappa shape index (κ2) is 6.80. The van der Waals surface area contributed by atoms with Crippen LogP contribution in [0, 0.1) is 6.92 Å². The predicted octanol–water partition coefficient (Wildman–Crippen LogP) is 0.442. The quantitative estimate of drug-likeness (QED) is 0.836. The van der Waals surface area contributed by atoms with Gasteiger partial charge in [-0.05, 0) is 31.7 Å². The molecule has 1 atom stereocenters. The Bertz CT molecular complexity index is 669. The number of ether oxygens (including phenoxy) is 1. The third-order valence-corrected chi connectivity index (χ3v) is 3.19. The number of aromatic nitrogens is 2. The third-order valence-electron chi connectivity index (χ3n) is 3.19. The molecule has 0 spiro atoms. The van der Waals surface area contributed by atoms with Crippen LogP contribution in [0.3, 0.4) is 0 Å². The van der Waals surface area contributed by atoms with Crippen LogP contribution in [-0.2, 0) is 11.3 Å². The van der Waals surface area contributed by atoms with E-state index < -0.39 is 6.10 Å². The fraction of sp³-hybridized carbons (Fsp3) is 0.467. The number of likely N-dealkylation sites (N-methyl/N-ethyl adjacent to an activating group) is 1. The lowest BCUT2D eigenvalue weighted by Gasteiger charge is -2.19. The minimum atomic E-state index is -0.552. The lowest BCUT2D eigenvalue weighted by atomic mass is 10.3. The Labute approximate surface area is 123 Å². The molecule has 2 heterocycles. The van der Waals surface area contributed by atoms with Crippen molar-refractivity contribution in [3.63, 3.8) is 0 Å². The molecule has 0 aromatic carbocycles. The summed E-state index contributed by atoms with van der Waals surface area (Å²) < 4.78 is 6.42. The number of hydrogen-bond donors (Lipinski definition) is 1. The van der Waals surface area contributed by atoms with E-state index in [2.05, 4.69) is 4.98 Å². The molecule has 6 nitrogen and oxygen atoms in total. The molecule has 0 fully saturated rings. The summed E-state index contributed by atoms with van der Waals surface area (Å²) >= 11 is 0. The van der Waals surface area contributed by atoms with E-state index in [9.17, 15) is 9.90 Å². The van der Waals surface area contributed by atoms with Crippen molar-refractivity contribution in [3.8, 4) is 0 Å². The molecule has 0 aliphatic carbocycles. The Hall–Kier alpha value is -1.76. The number of methoxy groups -OCH3 is 1. The molecule has 0 saturated heterocycles. The Morgan fingerprint density at radius 1 is 1.48 bits per heavy atom. The first-order valence-corrected chi connectivity index (χ1v) is 6.84. The summed E-state index contributed by atoms with van der Waals surface area (Å²) in [6.07, 6.45) is 1.18. The molecule has 114 valence electrons. The summed E-state index contributed by atoms with van der Waals surface area (Å²) in [6, 6.07) is 5.29. The van der Waals surface area contributed by atoms with Gasteiger partial charge < -0.3 is 9.84 Å². The highest BCUT2D eigenvalue weighted by atomic mass is 16.5. The number of aliphatic hydroxyl groups excluding tert-OH is 1. The molecule has 21 heavy (non-hydrogen) atoms. The second-order valence-corrected chi connectivity index (χ2v) is 5.32. The summed E-state index contributed by atoms with van der Waals surface area (Å²) in [5.74, 6) is 0. The highest BCUT2D eigenvalue weighted by Crippen LogP contribution is 2.05. The van der Waals surface area contributed by atoms with Gasteiger partial charge in [-0.1, -0.05) is 0 Å². The third kappa shape index (κ3) is 4.10. The van der Waals surface area contributed by atoms with Gasteiger partial charge in [0.05, 0.1) is 18.4 Å². The van der Waals surface area contributed by atoms with E-state index in [4.69, 9.17) is 4.74 Å². The van der Waals surface area contributed by atoms with Crippen LogP contribution in [0.4, 0.5) is 0 Å². The van der Waals surface area contributed by atoms with Crippen LogP contribution in [-0.4, -0.2) is 52.8 Å². The summed E-state index contributed by atoms with van der Waals surface area (Å²) in [7, 11) is 3.43. The van der Waals surface area contributed by atoms with Crippen LogP contribution in [0.2, 0.25) is 0 Å². The van der Waals surface area contributed by atoms with E-state index in [-0.39, 0.29) is 12.2 Å². The highest BCUT2D eigenvalue weighted by Gasteiger charge is 2.10. The molecule has 2 aromatic rings. The topological polar surface area (TPSA) is 67.1 Å². The minimum absolute atomic E-state index is 0.0964. The average Bonchev–Trinajstić information content (AvgIpc) is 2.37. The summed E-state index contributed by atoms with van der Waals surface area (Å²) in [6.45, 7) is 3.21. The molecule has 1 unspecified atom stereocenters. The number of rotatable bonds is 6. The highest BCUT2D eigenvalue weighted by molar-refractivity contribution is 5.41. The van der Waals surface area contributed by atoms with Gasteiger partial charge in [0.1, 0.15) is 5.65 Å². The monoisotopic (exact) mass is 291 g/mol. The molecule has 1 N–H and O–H groups in total. The first-order chi connectivity index (χ1) is 9.99. The number of aryl methyl sites for hydroxylation is 1. The molecule has 0 radical (unpaired) electrons. The van der Waals surface area contributed by atoms with Crippen molar-refractivity contribution in [1.82, 2.24) is 14.3 Å². The Morgan fingerprint density at radius 2 is 2.24 bits per heavy atom. The molecule has 0 saturated carbocycles. The van der Waals surface area contributed by atoms with Gasteiger partial charge in [0.25, 0.3) is 5.56 Å². The number of fused-ring (bicyclic) bond motifs is 1. The summed E-state index contributed by atoms with van der Waals surface area (Å²) in [5, 5.41) is 9.71. The Balaban J connectivity index is 2.17. The van der Waals surface area contributed by atoms with Crippen molar-refractivity contribution in [2.75, 3.05) is 27.3 Å². The predicted molar refractivity (Wildman–Crippen MR) is 80.4 cm³/mol. The Morgan fingerprint density at radius 3 is 2.95 bits per heavy atom. The van der Waals surface area contributed by atoms with E-state index in [1.54, 1.807) is 13.3 Å². The molecular formula is C15H21N3O3. The number of pyridine rings is 1. The van der Waals surface area contributed by atoms with Gasteiger partial charge in [0, 0.05) is 32.5 Å². The molecule has 0 amide bonds. The van der Waals surface area contributed by atoms with E-state index in [0.717, 1.165) is 5.56 Å². The van der Waals surface area contributed by atoms with Gasteiger partial charge >= 0.3 is 0 Å². The van der Waals surface area contributed by atoms with E-state index in [0.29, 0.717) is 24.4 Å². The number of nitrogens with zero attached hydrogens (tertiary/aromatic N) is 3. The fourth-order valence-electron chi connectivity index (χ4n) is 2.28. The van der Waals surface area contributed by atoms with Crippen molar-refractivity contribution in [3.05, 3.63) is 46.0 Å². The maximum Gasteiger partial charge on any atom is 0.258 e. The fourth-order valence-corrected chi connectivity index (χ4v) is 2.28. The second-order valence-electron chi connectivity index (χ2n) is 5.32. The standard InChI is InChI=1S/C15H21N3O3/c1-11-4-5-18-14(6-11)16-12(7-15(18)20)8-17(2)9-13(19)10-21-3/h4-7,13,19H,8-10H2,1-3H3. The summed E-state index contributed by atoms with van der Waals surface area (Å²) in [4.78, 5) is 18.5. The maximum atomic E-state index is 12.1. The van der Waals surface area contributed by atoms with Crippen LogP contribution in [0.15, 0.2) is 29.2 Å². The largest absolute Gasteiger partial charge is 0.389 e. The zero-order valence-electron chi connectivity index (χ0n) is 12.6. The van der Waals surface area contributed by atoms with Gasteiger partial charge in [0.15, 0.2) is 0 Å². The number of hydrogen-bond acceptors (Lipinski definition) is 5. The molecule has 2 rings (SSSR count). The van der Waals surface area contributed by atoms with Crippen LogP contribution in [0.1, 0.15) is 11.3 Å². The average molecular weight is 291 g/mol. The van der Waals surface area contributed by atoms with Crippen molar-refractivity contribution in [2.45, 2.75) is 19.6 Å². The molecular weight excluding hydrogens is 270 g/mol. The molecule has 0 aliphatic rings. The minimum Gasteiger partial charge on any atom is -0.389 e. The van der Waals surface area contributed by atoms with Crippen molar-refractivity contribution in [2.24, 2.45) is 0 Å². The first-order valence-electron chi connectivity index (χ1n) is 6.84. The normalized spacial score (nSPS) is 13.0. The lowest BCUT2D eigenvalue weighted by Crippen LogP contribution is -2.32. The summed E-state index contributed by atoms with van der Waals surface area (Å²) in [5.41, 5.74) is 2.30. The van der Waals surface area contributed by atoms with Gasteiger partial charge in [0.2, 0.25) is 0 Å². The maximum absolute atomic E-state index is 12.1. The smallest absolute Gasteiger partial charge is 0.258 e. The van der Waals surface area contributed by atoms with E-state index in [1.807, 2.05) is 31.0 Å². The van der Waals surface area contributed by atoms with Crippen LogP contribution < -0.4 is 5.56 Å². The van der Waals surface area contributed by atoms with Gasteiger partial charge in [-0.3, -0.25) is 14.1 Å². The van der Waals surface area contributed by atoms with Gasteiger partial charge in [-0.25, -0.2) is 4.98 Å².